The molecule has 2 heterocycles. The van der Waals surface area contributed by atoms with E-state index in [0.29, 0.717) is 11.2 Å². The van der Waals surface area contributed by atoms with Crippen molar-refractivity contribution in [2.75, 3.05) is 17.2 Å². The molecule has 1 unspecified atom stereocenters. The minimum Gasteiger partial charge on any atom is -0.481 e. The zero-order valence-electron chi connectivity index (χ0n) is 12.9. The second kappa shape index (κ2) is 7.15. The quantitative estimate of drug-likeness (QED) is 0.814. The van der Waals surface area contributed by atoms with Gasteiger partial charge >= 0.3 is 5.97 Å². The number of carboxylic acids is 1. The van der Waals surface area contributed by atoms with Crippen LogP contribution in [0.15, 0.2) is 5.16 Å². The third-order valence-electron chi connectivity index (χ3n) is 3.84. The highest BCUT2D eigenvalue weighted by atomic mass is 32.2. The number of aromatic nitrogens is 3. The van der Waals surface area contributed by atoms with Crippen molar-refractivity contribution in [2.45, 2.75) is 63.7 Å². The number of hydrogen-bond donors (Lipinski definition) is 1. The van der Waals surface area contributed by atoms with Gasteiger partial charge in [-0.1, -0.05) is 18.7 Å². The lowest BCUT2D eigenvalue weighted by Gasteiger charge is -2.36. The number of anilines is 1. The lowest BCUT2D eigenvalue weighted by atomic mass is 10.0. The van der Waals surface area contributed by atoms with Crippen LogP contribution in [0.25, 0.3) is 0 Å². The monoisotopic (exact) mass is 312 g/mol. The largest absolute Gasteiger partial charge is 0.481 e. The second-order valence-electron chi connectivity index (χ2n) is 5.68. The van der Waals surface area contributed by atoms with E-state index < -0.39 is 5.97 Å². The lowest BCUT2D eigenvalue weighted by molar-refractivity contribution is -0.133. The summed E-state index contributed by atoms with van der Waals surface area (Å²) in [6.45, 7) is 7.39. The van der Waals surface area contributed by atoms with E-state index in [-0.39, 0.29) is 11.8 Å². The van der Waals surface area contributed by atoms with Crippen LogP contribution in [0.2, 0.25) is 0 Å². The Hall–Kier alpha value is -1.24. The van der Waals surface area contributed by atoms with E-state index in [4.69, 9.17) is 5.11 Å². The van der Waals surface area contributed by atoms with Gasteiger partial charge in [-0.2, -0.15) is 0 Å². The van der Waals surface area contributed by atoms with Crippen LogP contribution in [0.3, 0.4) is 0 Å². The van der Waals surface area contributed by atoms with Crippen LogP contribution in [0.1, 0.15) is 52.5 Å². The normalized spacial score (nSPS) is 19.2. The Labute approximate surface area is 129 Å². The van der Waals surface area contributed by atoms with Gasteiger partial charge in [-0.3, -0.25) is 9.36 Å². The predicted octanol–water partition coefficient (Wildman–Crippen LogP) is 2.80. The molecule has 21 heavy (non-hydrogen) atoms. The number of hydrogen-bond acceptors (Lipinski definition) is 5. The first kappa shape index (κ1) is 16.1. The Kier molecular flexibility index (Phi) is 5.50. The lowest BCUT2D eigenvalue weighted by Crippen LogP contribution is -2.41. The summed E-state index contributed by atoms with van der Waals surface area (Å²) in [4.78, 5) is 13.1. The van der Waals surface area contributed by atoms with Crippen molar-refractivity contribution in [1.82, 2.24) is 14.8 Å². The fourth-order valence-electron chi connectivity index (χ4n) is 2.83. The molecule has 1 aromatic rings. The summed E-state index contributed by atoms with van der Waals surface area (Å²) in [5.41, 5.74) is 0. The van der Waals surface area contributed by atoms with Gasteiger partial charge in [-0.15, -0.1) is 10.2 Å². The first-order chi connectivity index (χ1) is 10.0. The third-order valence-corrected chi connectivity index (χ3v) is 4.77. The number of aliphatic carboxylic acids is 1. The Morgan fingerprint density at radius 1 is 1.43 bits per heavy atom. The van der Waals surface area contributed by atoms with Gasteiger partial charge in [0, 0.05) is 18.6 Å². The topological polar surface area (TPSA) is 71.2 Å². The zero-order valence-corrected chi connectivity index (χ0v) is 13.8. The first-order valence-corrected chi connectivity index (χ1v) is 8.59. The highest BCUT2D eigenvalue weighted by Crippen LogP contribution is 2.30. The molecule has 118 valence electrons. The van der Waals surface area contributed by atoms with E-state index in [1.54, 1.807) is 0 Å². The van der Waals surface area contributed by atoms with Crippen molar-refractivity contribution in [3.05, 3.63) is 0 Å². The zero-order chi connectivity index (χ0) is 15.4. The van der Waals surface area contributed by atoms with E-state index in [1.165, 1.54) is 31.0 Å². The van der Waals surface area contributed by atoms with Gasteiger partial charge in [0.25, 0.3) is 0 Å². The number of thioether (sulfide) groups is 1. The standard InChI is InChI=1S/C14H24N4O2S/c1-4-11-7-5-6-8-17(11)13-15-16-14(18(13)10(2)3)21-9-12(19)20/h10-11H,4-9H2,1-3H3,(H,19,20). The van der Waals surface area contributed by atoms with Crippen LogP contribution in [0, 0.1) is 0 Å². The van der Waals surface area contributed by atoms with E-state index in [1.807, 2.05) is 0 Å². The summed E-state index contributed by atoms with van der Waals surface area (Å²) in [7, 11) is 0. The highest BCUT2D eigenvalue weighted by molar-refractivity contribution is 7.99. The van der Waals surface area contributed by atoms with Crippen molar-refractivity contribution in [3.8, 4) is 0 Å². The molecule has 0 spiro atoms. The molecule has 0 radical (unpaired) electrons. The number of piperidine rings is 1. The van der Waals surface area contributed by atoms with Crippen molar-refractivity contribution >= 4 is 23.7 Å². The highest BCUT2D eigenvalue weighted by Gasteiger charge is 2.27. The Bertz CT molecular complexity index is 489. The third kappa shape index (κ3) is 3.70. The van der Waals surface area contributed by atoms with E-state index in [9.17, 15) is 4.79 Å². The predicted molar refractivity (Wildman–Crippen MR) is 84.0 cm³/mol. The maximum Gasteiger partial charge on any atom is 0.313 e. The molecule has 1 N–H and O–H groups in total. The van der Waals surface area contributed by atoms with Crippen LogP contribution in [0.4, 0.5) is 5.95 Å². The summed E-state index contributed by atoms with van der Waals surface area (Å²) < 4.78 is 2.07. The molecule has 1 aliphatic rings. The minimum atomic E-state index is -0.829. The van der Waals surface area contributed by atoms with Crippen LogP contribution < -0.4 is 4.90 Å². The van der Waals surface area contributed by atoms with Crippen LogP contribution in [-0.2, 0) is 4.79 Å². The second-order valence-corrected chi connectivity index (χ2v) is 6.62. The average molecular weight is 312 g/mol. The molecule has 7 heteroatoms. The molecular formula is C14H24N4O2S. The molecule has 2 rings (SSSR count). The van der Waals surface area contributed by atoms with Gasteiger partial charge in [-0.05, 0) is 39.5 Å². The van der Waals surface area contributed by atoms with Gasteiger partial charge in [0.05, 0.1) is 5.75 Å². The summed E-state index contributed by atoms with van der Waals surface area (Å²) in [5.74, 6) is 0.0795. The van der Waals surface area contributed by atoms with Gasteiger partial charge in [0.2, 0.25) is 5.95 Å². The Morgan fingerprint density at radius 3 is 2.81 bits per heavy atom. The van der Waals surface area contributed by atoms with Gasteiger partial charge in [0.15, 0.2) is 5.16 Å². The molecule has 1 atom stereocenters. The molecule has 1 aromatic heterocycles. The molecule has 1 aliphatic heterocycles. The summed E-state index contributed by atoms with van der Waals surface area (Å²) >= 11 is 1.24. The molecular weight excluding hydrogens is 288 g/mol. The fraction of sp³-hybridized carbons (Fsp3) is 0.786. The van der Waals surface area contributed by atoms with E-state index >= 15 is 0 Å². The summed E-state index contributed by atoms with van der Waals surface area (Å²) in [6, 6.07) is 0.725. The Morgan fingerprint density at radius 2 is 2.19 bits per heavy atom. The maximum atomic E-state index is 10.8. The molecule has 0 aromatic carbocycles. The molecule has 0 amide bonds. The number of carbonyl (C=O) groups is 1. The minimum absolute atomic E-state index is 0.0159. The van der Waals surface area contributed by atoms with E-state index in [0.717, 1.165) is 18.9 Å². The van der Waals surface area contributed by atoms with E-state index in [2.05, 4.69) is 40.4 Å². The van der Waals surface area contributed by atoms with Crippen LogP contribution in [-0.4, -0.2) is 44.2 Å². The Balaban J connectivity index is 2.27. The molecule has 1 saturated heterocycles. The summed E-state index contributed by atoms with van der Waals surface area (Å²) in [6.07, 6.45) is 4.74. The fourth-order valence-corrected chi connectivity index (χ4v) is 3.61. The summed E-state index contributed by atoms with van der Waals surface area (Å²) in [5, 5.41) is 18.1. The van der Waals surface area contributed by atoms with Crippen LogP contribution in [0.5, 0.6) is 0 Å². The molecule has 0 aliphatic carbocycles. The van der Waals surface area contributed by atoms with Crippen molar-refractivity contribution < 1.29 is 9.90 Å². The maximum absolute atomic E-state index is 10.8. The van der Waals surface area contributed by atoms with Crippen molar-refractivity contribution in [1.29, 1.82) is 0 Å². The van der Waals surface area contributed by atoms with Crippen molar-refractivity contribution in [3.63, 3.8) is 0 Å². The molecule has 0 bridgehead atoms. The molecule has 1 fully saturated rings. The number of rotatable bonds is 6. The van der Waals surface area contributed by atoms with Crippen molar-refractivity contribution in [2.24, 2.45) is 0 Å². The van der Waals surface area contributed by atoms with Gasteiger partial charge in [-0.25, -0.2) is 0 Å². The SMILES string of the molecule is CCC1CCCCN1c1nnc(SCC(=O)O)n1C(C)C. The molecule has 6 nitrogen and oxygen atoms in total. The van der Waals surface area contributed by atoms with Gasteiger partial charge in [0.1, 0.15) is 0 Å². The van der Waals surface area contributed by atoms with Crippen LogP contribution >= 0.6 is 11.8 Å². The smallest absolute Gasteiger partial charge is 0.313 e. The van der Waals surface area contributed by atoms with Gasteiger partial charge < -0.3 is 10.0 Å². The number of carboxylic acid groups (broad SMARTS) is 1. The number of nitrogens with zero attached hydrogens (tertiary/aromatic N) is 4. The molecule has 0 saturated carbocycles. The average Bonchev–Trinajstić information content (AvgIpc) is 2.88. The first-order valence-electron chi connectivity index (χ1n) is 7.60.